The highest BCUT2D eigenvalue weighted by atomic mass is 19.1. The number of hydrogen-bond donors (Lipinski definition) is 3. The first-order valence-electron chi connectivity index (χ1n) is 12.9. The summed E-state index contributed by atoms with van der Waals surface area (Å²) in [6, 6.07) is 12.2. The maximum absolute atomic E-state index is 14.3. The molecule has 3 N–H and O–H groups in total. The molecule has 0 aliphatic carbocycles. The topological polar surface area (TPSA) is 121 Å². The standard InChI is InChI=1S/C30H26FN7O2/c1-3-4-5-28(39)34-20-9-18(13-32-14-20)24-6-7-25-29(36-24)30(38-37-25)26-12-22-23(15-33-16-27(22)35-26)17-8-19(31)11-21(10-17)40-2/h6-16,35H,3-5H2,1-2H3,(H,34,39)(H,37,38). The Labute approximate surface area is 228 Å². The Morgan fingerprint density at radius 2 is 1.88 bits per heavy atom. The molecule has 0 saturated carbocycles. The van der Waals surface area contributed by atoms with Crippen LogP contribution in [0.1, 0.15) is 26.2 Å². The number of amides is 1. The number of carbonyl (C=O) groups excluding carboxylic acids is 1. The molecule has 1 amide bonds. The van der Waals surface area contributed by atoms with Gasteiger partial charge in [0.2, 0.25) is 5.91 Å². The predicted molar refractivity (Wildman–Crippen MR) is 152 cm³/mol. The molecule has 5 heterocycles. The van der Waals surface area contributed by atoms with Crippen molar-refractivity contribution in [2.24, 2.45) is 0 Å². The largest absolute Gasteiger partial charge is 0.497 e. The highest BCUT2D eigenvalue weighted by molar-refractivity contribution is 6.00. The third-order valence-electron chi connectivity index (χ3n) is 6.70. The summed E-state index contributed by atoms with van der Waals surface area (Å²) >= 11 is 0. The van der Waals surface area contributed by atoms with Crippen LogP contribution in [0.15, 0.2) is 67.3 Å². The van der Waals surface area contributed by atoms with Gasteiger partial charge in [-0.1, -0.05) is 13.3 Å². The maximum Gasteiger partial charge on any atom is 0.224 e. The number of ether oxygens (including phenoxy) is 1. The zero-order chi connectivity index (χ0) is 27.6. The van der Waals surface area contributed by atoms with E-state index in [4.69, 9.17) is 9.72 Å². The zero-order valence-corrected chi connectivity index (χ0v) is 22.0. The van der Waals surface area contributed by atoms with Crippen molar-refractivity contribution in [1.82, 2.24) is 30.1 Å². The smallest absolute Gasteiger partial charge is 0.224 e. The number of halogens is 1. The molecular formula is C30H26FN7O2. The lowest BCUT2D eigenvalue weighted by atomic mass is 10.0. The van der Waals surface area contributed by atoms with Gasteiger partial charge >= 0.3 is 0 Å². The van der Waals surface area contributed by atoms with E-state index in [2.05, 4.69) is 37.4 Å². The van der Waals surface area contributed by atoms with Gasteiger partial charge < -0.3 is 15.0 Å². The fourth-order valence-corrected chi connectivity index (χ4v) is 4.70. The number of hydrogen-bond acceptors (Lipinski definition) is 6. The van der Waals surface area contributed by atoms with Crippen LogP contribution in [-0.4, -0.2) is 43.2 Å². The number of benzene rings is 1. The molecule has 5 aromatic heterocycles. The van der Waals surface area contributed by atoms with Crippen molar-refractivity contribution in [1.29, 1.82) is 0 Å². The van der Waals surface area contributed by atoms with Crippen LogP contribution >= 0.6 is 0 Å². The van der Waals surface area contributed by atoms with Gasteiger partial charge in [-0.25, -0.2) is 9.37 Å². The minimum atomic E-state index is -0.392. The Morgan fingerprint density at radius 3 is 2.73 bits per heavy atom. The molecule has 10 heteroatoms. The van der Waals surface area contributed by atoms with E-state index in [9.17, 15) is 9.18 Å². The number of pyridine rings is 3. The molecule has 6 aromatic rings. The van der Waals surface area contributed by atoms with Gasteiger partial charge in [0.1, 0.15) is 22.8 Å². The van der Waals surface area contributed by atoms with Gasteiger partial charge in [0.25, 0.3) is 0 Å². The molecule has 0 atom stereocenters. The fourth-order valence-electron chi connectivity index (χ4n) is 4.70. The van der Waals surface area contributed by atoms with Gasteiger partial charge in [-0.2, -0.15) is 5.10 Å². The summed E-state index contributed by atoms with van der Waals surface area (Å²) in [5, 5.41) is 11.4. The van der Waals surface area contributed by atoms with Crippen molar-refractivity contribution in [2.75, 3.05) is 12.4 Å². The Balaban J connectivity index is 1.38. The van der Waals surface area contributed by atoms with Crippen LogP contribution in [0, 0.1) is 5.82 Å². The van der Waals surface area contributed by atoms with Gasteiger partial charge in [0.05, 0.1) is 47.6 Å². The van der Waals surface area contributed by atoms with Crippen LogP contribution < -0.4 is 10.1 Å². The number of nitrogens with one attached hydrogen (secondary N) is 3. The molecule has 1 aromatic carbocycles. The minimum Gasteiger partial charge on any atom is -0.497 e. The monoisotopic (exact) mass is 535 g/mol. The molecule has 0 unspecified atom stereocenters. The number of anilines is 1. The summed E-state index contributed by atoms with van der Waals surface area (Å²) in [6.07, 6.45) is 9.02. The van der Waals surface area contributed by atoms with Crippen LogP contribution in [0.5, 0.6) is 5.75 Å². The van der Waals surface area contributed by atoms with Crippen molar-refractivity contribution in [2.45, 2.75) is 26.2 Å². The van der Waals surface area contributed by atoms with Crippen molar-refractivity contribution in [3.63, 3.8) is 0 Å². The molecule has 9 nitrogen and oxygen atoms in total. The molecule has 0 saturated heterocycles. The van der Waals surface area contributed by atoms with Crippen molar-refractivity contribution in [3.8, 4) is 39.5 Å². The molecule has 0 aliphatic heterocycles. The molecule has 6 rings (SSSR count). The summed E-state index contributed by atoms with van der Waals surface area (Å²) in [5.74, 6) is -0.00113. The Bertz CT molecular complexity index is 1860. The fraction of sp³-hybridized carbons (Fsp3) is 0.167. The van der Waals surface area contributed by atoms with Crippen molar-refractivity contribution in [3.05, 3.63) is 73.1 Å². The van der Waals surface area contributed by atoms with Crippen LogP contribution in [-0.2, 0) is 4.79 Å². The van der Waals surface area contributed by atoms with E-state index >= 15 is 0 Å². The number of carbonyl (C=O) groups is 1. The van der Waals surface area contributed by atoms with Crippen LogP contribution in [0.25, 0.3) is 55.7 Å². The third-order valence-corrected chi connectivity index (χ3v) is 6.70. The first-order valence-corrected chi connectivity index (χ1v) is 12.9. The van der Waals surface area contributed by atoms with E-state index < -0.39 is 5.82 Å². The molecule has 0 bridgehead atoms. The van der Waals surface area contributed by atoms with E-state index in [1.807, 2.05) is 24.3 Å². The minimum absolute atomic E-state index is 0.0364. The SMILES string of the molecule is CCCCC(=O)Nc1cncc(-c2ccc3[nH]nc(-c4cc5c(-c6cc(F)cc(OC)c6)cncc5[nH]4)c3n2)c1. The van der Waals surface area contributed by atoms with Gasteiger partial charge in [-0.05, 0) is 48.4 Å². The summed E-state index contributed by atoms with van der Waals surface area (Å²) in [7, 11) is 1.51. The second-order valence-electron chi connectivity index (χ2n) is 9.49. The van der Waals surface area contributed by atoms with Crippen molar-refractivity contribution < 1.29 is 13.9 Å². The van der Waals surface area contributed by atoms with Crippen molar-refractivity contribution >= 4 is 33.5 Å². The number of unbranched alkanes of at least 4 members (excludes halogenated alkanes) is 1. The molecule has 0 aliphatic rings. The highest BCUT2D eigenvalue weighted by Crippen LogP contribution is 2.35. The Morgan fingerprint density at radius 1 is 1.00 bits per heavy atom. The van der Waals surface area contributed by atoms with E-state index in [1.165, 1.54) is 19.2 Å². The summed E-state index contributed by atoms with van der Waals surface area (Å²) in [5.41, 5.74) is 7.08. The molecule has 0 radical (unpaired) electrons. The first-order chi connectivity index (χ1) is 19.5. The van der Waals surface area contributed by atoms with E-state index in [-0.39, 0.29) is 5.91 Å². The van der Waals surface area contributed by atoms with Gasteiger partial charge in [0, 0.05) is 41.4 Å². The molecule has 0 spiro atoms. The second-order valence-corrected chi connectivity index (χ2v) is 9.49. The number of H-pyrrole nitrogens is 2. The number of rotatable bonds is 8. The van der Waals surface area contributed by atoms with E-state index in [0.717, 1.165) is 46.1 Å². The lowest BCUT2D eigenvalue weighted by molar-refractivity contribution is -0.116. The predicted octanol–water partition coefficient (Wildman–Crippen LogP) is 6.51. The molecule has 200 valence electrons. The van der Waals surface area contributed by atoms with E-state index in [1.54, 1.807) is 30.9 Å². The van der Waals surface area contributed by atoms with Crippen LogP contribution in [0.4, 0.5) is 10.1 Å². The maximum atomic E-state index is 14.3. The molecule has 0 fully saturated rings. The normalized spacial score (nSPS) is 11.3. The lowest BCUT2D eigenvalue weighted by Gasteiger charge is -2.07. The van der Waals surface area contributed by atoms with Gasteiger partial charge in [-0.3, -0.25) is 19.9 Å². The number of methoxy groups -OCH3 is 1. The zero-order valence-electron chi connectivity index (χ0n) is 22.0. The van der Waals surface area contributed by atoms with Gasteiger partial charge in [-0.15, -0.1) is 0 Å². The molecule has 40 heavy (non-hydrogen) atoms. The van der Waals surface area contributed by atoms with Crippen LogP contribution in [0.3, 0.4) is 0 Å². The van der Waals surface area contributed by atoms with Gasteiger partial charge in [0.15, 0.2) is 0 Å². The third kappa shape index (κ3) is 4.86. The number of fused-ring (bicyclic) bond motifs is 2. The Hall–Kier alpha value is -5.12. The van der Waals surface area contributed by atoms with E-state index in [0.29, 0.717) is 40.3 Å². The second kappa shape index (κ2) is 10.6. The summed E-state index contributed by atoms with van der Waals surface area (Å²) in [6.45, 7) is 2.05. The van der Waals surface area contributed by atoms with Crippen LogP contribution in [0.2, 0.25) is 0 Å². The lowest BCUT2D eigenvalue weighted by Crippen LogP contribution is -2.11. The highest BCUT2D eigenvalue weighted by Gasteiger charge is 2.17. The first kappa shape index (κ1) is 25.2. The summed E-state index contributed by atoms with van der Waals surface area (Å²) in [4.78, 5) is 29.1. The number of aromatic amines is 2. The Kier molecular flexibility index (Phi) is 6.65. The quantitative estimate of drug-likeness (QED) is 0.204. The average molecular weight is 536 g/mol. The molecular weight excluding hydrogens is 509 g/mol. The number of nitrogens with zero attached hydrogens (tertiary/aromatic N) is 4. The summed E-state index contributed by atoms with van der Waals surface area (Å²) < 4.78 is 19.5. The average Bonchev–Trinajstić information content (AvgIpc) is 3.59. The number of aromatic nitrogens is 6.